The molecule has 2 rings (SSSR count). The third-order valence-corrected chi connectivity index (χ3v) is 3.21. The van der Waals surface area contributed by atoms with Gasteiger partial charge in [0.25, 0.3) is 0 Å². The first-order chi connectivity index (χ1) is 6.75. The largest absolute Gasteiger partial charge is 0.382 e. The van der Waals surface area contributed by atoms with Crippen LogP contribution in [0.4, 0.5) is 5.82 Å². The minimum atomic E-state index is 0.675. The molecule has 0 aliphatic heterocycles. The second kappa shape index (κ2) is 4.03. The SMILES string of the molecule is Cc1cn(CCCC2CCC2)nc1N. The van der Waals surface area contributed by atoms with Crippen molar-refractivity contribution in [1.29, 1.82) is 0 Å². The van der Waals surface area contributed by atoms with Crippen LogP contribution in [-0.4, -0.2) is 9.78 Å². The minimum Gasteiger partial charge on any atom is -0.382 e. The quantitative estimate of drug-likeness (QED) is 0.797. The van der Waals surface area contributed by atoms with Crippen LogP contribution >= 0.6 is 0 Å². The molecule has 1 aliphatic rings. The van der Waals surface area contributed by atoms with E-state index in [0.29, 0.717) is 5.82 Å². The zero-order valence-corrected chi connectivity index (χ0v) is 8.87. The smallest absolute Gasteiger partial charge is 0.148 e. The average Bonchev–Trinajstić information content (AvgIpc) is 2.37. The Morgan fingerprint density at radius 1 is 1.57 bits per heavy atom. The average molecular weight is 193 g/mol. The lowest BCUT2D eigenvalue weighted by Gasteiger charge is -2.24. The number of aryl methyl sites for hydroxylation is 2. The van der Waals surface area contributed by atoms with Gasteiger partial charge in [0.2, 0.25) is 0 Å². The Morgan fingerprint density at radius 2 is 2.36 bits per heavy atom. The molecule has 2 N–H and O–H groups in total. The number of hydrogen-bond acceptors (Lipinski definition) is 2. The van der Waals surface area contributed by atoms with Gasteiger partial charge in [0.05, 0.1) is 0 Å². The molecule has 0 aromatic carbocycles. The summed E-state index contributed by atoms with van der Waals surface area (Å²) in [4.78, 5) is 0. The molecule has 0 spiro atoms. The van der Waals surface area contributed by atoms with Crippen LogP contribution in [0.25, 0.3) is 0 Å². The van der Waals surface area contributed by atoms with Gasteiger partial charge in [-0.25, -0.2) is 0 Å². The van der Waals surface area contributed by atoms with Crippen molar-refractivity contribution in [2.75, 3.05) is 5.73 Å². The van der Waals surface area contributed by atoms with E-state index in [1.165, 1.54) is 32.1 Å². The van der Waals surface area contributed by atoms with Crippen molar-refractivity contribution in [1.82, 2.24) is 9.78 Å². The molecule has 1 aromatic heterocycles. The van der Waals surface area contributed by atoms with Crippen molar-refractivity contribution in [2.24, 2.45) is 5.92 Å². The van der Waals surface area contributed by atoms with E-state index in [4.69, 9.17) is 5.73 Å². The van der Waals surface area contributed by atoms with E-state index in [9.17, 15) is 0 Å². The predicted molar refractivity (Wildman–Crippen MR) is 58.0 cm³/mol. The Morgan fingerprint density at radius 3 is 2.86 bits per heavy atom. The van der Waals surface area contributed by atoms with E-state index in [1.54, 1.807) is 0 Å². The van der Waals surface area contributed by atoms with Gasteiger partial charge >= 0.3 is 0 Å². The van der Waals surface area contributed by atoms with E-state index in [2.05, 4.69) is 5.10 Å². The van der Waals surface area contributed by atoms with Gasteiger partial charge in [-0.2, -0.15) is 5.10 Å². The maximum Gasteiger partial charge on any atom is 0.148 e. The van der Waals surface area contributed by atoms with E-state index in [-0.39, 0.29) is 0 Å². The lowest BCUT2D eigenvalue weighted by atomic mass is 9.82. The number of nitrogen functional groups attached to an aromatic ring is 1. The molecular weight excluding hydrogens is 174 g/mol. The highest BCUT2D eigenvalue weighted by Crippen LogP contribution is 2.30. The third-order valence-electron chi connectivity index (χ3n) is 3.21. The Balaban J connectivity index is 1.74. The number of anilines is 1. The molecule has 3 nitrogen and oxygen atoms in total. The summed E-state index contributed by atoms with van der Waals surface area (Å²) in [7, 11) is 0. The van der Waals surface area contributed by atoms with Gasteiger partial charge in [0.15, 0.2) is 0 Å². The molecule has 1 heterocycles. The fourth-order valence-electron chi connectivity index (χ4n) is 1.97. The molecule has 3 heteroatoms. The maximum atomic E-state index is 5.68. The standard InChI is InChI=1S/C11H19N3/c1-9-8-14(13-11(9)12)7-3-6-10-4-2-5-10/h8,10H,2-7H2,1H3,(H2,12,13). The van der Waals surface area contributed by atoms with Gasteiger partial charge in [0.1, 0.15) is 5.82 Å². The summed E-state index contributed by atoms with van der Waals surface area (Å²) in [5.41, 5.74) is 6.77. The van der Waals surface area contributed by atoms with Crippen LogP contribution < -0.4 is 5.73 Å². The molecule has 0 unspecified atom stereocenters. The summed E-state index contributed by atoms with van der Waals surface area (Å²) in [6.45, 7) is 3.03. The Bertz CT molecular complexity index is 280. The minimum absolute atomic E-state index is 0.675. The zero-order chi connectivity index (χ0) is 9.97. The van der Waals surface area contributed by atoms with Crippen molar-refractivity contribution in [3.63, 3.8) is 0 Å². The summed E-state index contributed by atoms with van der Waals surface area (Å²) in [5.74, 6) is 1.68. The lowest BCUT2D eigenvalue weighted by Crippen LogP contribution is -2.11. The first kappa shape index (κ1) is 9.56. The van der Waals surface area contributed by atoms with E-state index < -0.39 is 0 Å². The van der Waals surface area contributed by atoms with Gasteiger partial charge in [-0.05, 0) is 25.7 Å². The monoisotopic (exact) mass is 193 g/mol. The first-order valence-electron chi connectivity index (χ1n) is 5.55. The van der Waals surface area contributed by atoms with E-state index in [0.717, 1.165) is 18.0 Å². The number of nitrogens with two attached hydrogens (primary N) is 1. The van der Waals surface area contributed by atoms with Crippen molar-refractivity contribution in [3.05, 3.63) is 11.8 Å². The summed E-state index contributed by atoms with van der Waals surface area (Å²) in [6.07, 6.45) is 8.97. The van der Waals surface area contributed by atoms with Crippen molar-refractivity contribution in [2.45, 2.75) is 45.6 Å². The summed E-state index contributed by atoms with van der Waals surface area (Å²) in [5, 5.41) is 4.25. The predicted octanol–water partition coefficient (Wildman–Crippen LogP) is 2.35. The number of nitrogens with zero attached hydrogens (tertiary/aromatic N) is 2. The van der Waals surface area contributed by atoms with E-state index in [1.807, 2.05) is 17.8 Å². The molecule has 1 aliphatic carbocycles. The number of aromatic nitrogens is 2. The van der Waals surface area contributed by atoms with Crippen LogP contribution in [0.3, 0.4) is 0 Å². The van der Waals surface area contributed by atoms with Crippen molar-refractivity contribution >= 4 is 5.82 Å². The summed E-state index contributed by atoms with van der Waals surface area (Å²) >= 11 is 0. The highest BCUT2D eigenvalue weighted by molar-refractivity contribution is 5.35. The zero-order valence-electron chi connectivity index (χ0n) is 8.87. The maximum absolute atomic E-state index is 5.68. The van der Waals surface area contributed by atoms with Crippen molar-refractivity contribution in [3.8, 4) is 0 Å². The Kier molecular flexibility index (Phi) is 2.75. The first-order valence-corrected chi connectivity index (χ1v) is 5.55. The molecule has 0 bridgehead atoms. The van der Waals surface area contributed by atoms with Crippen LogP contribution in [0.15, 0.2) is 6.20 Å². The second-order valence-electron chi connectivity index (χ2n) is 4.40. The van der Waals surface area contributed by atoms with Crippen LogP contribution in [0.2, 0.25) is 0 Å². The van der Waals surface area contributed by atoms with Gasteiger partial charge in [-0.3, -0.25) is 4.68 Å². The molecule has 1 fully saturated rings. The summed E-state index contributed by atoms with van der Waals surface area (Å²) < 4.78 is 1.98. The second-order valence-corrected chi connectivity index (χ2v) is 4.40. The molecule has 0 radical (unpaired) electrons. The Hall–Kier alpha value is -0.990. The topological polar surface area (TPSA) is 43.8 Å². The molecule has 14 heavy (non-hydrogen) atoms. The van der Waals surface area contributed by atoms with E-state index >= 15 is 0 Å². The molecule has 1 saturated carbocycles. The molecule has 1 aromatic rings. The van der Waals surface area contributed by atoms with Crippen LogP contribution in [0.1, 0.15) is 37.7 Å². The van der Waals surface area contributed by atoms with Crippen LogP contribution in [0.5, 0.6) is 0 Å². The fraction of sp³-hybridized carbons (Fsp3) is 0.727. The van der Waals surface area contributed by atoms with Crippen LogP contribution in [-0.2, 0) is 6.54 Å². The van der Waals surface area contributed by atoms with Gasteiger partial charge in [-0.1, -0.05) is 19.3 Å². The van der Waals surface area contributed by atoms with Gasteiger partial charge < -0.3 is 5.73 Å². The number of hydrogen-bond donors (Lipinski definition) is 1. The molecule has 0 amide bonds. The molecular formula is C11H19N3. The van der Waals surface area contributed by atoms with Gasteiger partial charge in [-0.15, -0.1) is 0 Å². The molecule has 78 valence electrons. The summed E-state index contributed by atoms with van der Waals surface area (Å²) in [6, 6.07) is 0. The fourth-order valence-corrected chi connectivity index (χ4v) is 1.97. The lowest BCUT2D eigenvalue weighted by molar-refractivity contribution is 0.283. The number of rotatable bonds is 4. The van der Waals surface area contributed by atoms with Gasteiger partial charge in [0, 0.05) is 18.3 Å². The highest BCUT2D eigenvalue weighted by Gasteiger charge is 2.16. The highest BCUT2D eigenvalue weighted by atomic mass is 15.3. The molecule has 0 atom stereocenters. The third kappa shape index (κ3) is 2.08. The molecule has 0 saturated heterocycles. The normalized spacial score (nSPS) is 16.9. The van der Waals surface area contributed by atoms with Crippen LogP contribution in [0, 0.1) is 12.8 Å². The Labute approximate surface area is 85.3 Å². The van der Waals surface area contributed by atoms with Crippen molar-refractivity contribution < 1.29 is 0 Å².